The maximum absolute atomic E-state index is 11.7. The lowest BCUT2D eigenvalue weighted by molar-refractivity contribution is -0.116. The number of hydrogen-bond donors (Lipinski definition) is 1. The fraction of sp³-hybridized carbons (Fsp3) is 0.167. The highest BCUT2D eigenvalue weighted by molar-refractivity contribution is 6.42. The average molecular weight is 334 g/mol. The molecule has 0 atom stereocenters. The molecule has 2 aromatic carbocycles. The lowest BCUT2D eigenvalue weighted by atomic mass is 10.1. The van der Waals surface area contributed by atoms with Gasteiger partial charge < -0.3 is 5.32 Å². The Kier molecular flexibility index (Phi) is 6.50. The first kappa shape index (κ1) is 16.6. The number of aryl methyl sites for hydroxylation is 1. The summed E-state index contributed by atoms with van der Waals surface area (Å²) < 4.78 is 0. The van der Waals surface area contributed by atoms with Crippen LogP contribution in [0, 0.1) is 0 Å². The molecule has 2 rings (SSSR count). The molecular formula is C18H17Cl2NO. The van der Waals surface area contributed by atoms with Crippen molar-refractivity contribution >= 4 is 35.2 Å². The zero-order valence-electron chi connectivity index (χ0n) is 12.1. The van der Waals surface area contributed by atoms with Gasteiger partial charge in [0.25, 0.3) is 0 Å². The molecule has 114 valence electrons. The van der Waals surface area contributed by atoms with Crippen LogP contribution in [0.15, 0.2) is 54.6 Å². The molecule has 22 heavy (non-hydrogen) atoms. The third-order valence-electron chi connectivity index (χ3n) is 3.16. The Balaban J connectivity index is 1.73. The topological polar surface area (TPSA) is 29.1 Å². The van der Waals surface area contributed by atoms with Crippen LogP contribution in [-0.2, 0) is 11.2 Å². The zero-order chi connectivity index (χ0) is 15.8. The van der Waals surface area contributed by atoms with Crippen molar-refractivity contribution in [3.8, 4) is 0 Å². The van der Waals surface area contributed by atoms with Crippen molar-refractivity contribution in [2.75, 3.05) is 6.54 Å². The van der Waals surface area contributed by atoms with Crippen molar-refractivity contribution in [2.45, 2.75) is 12.8 Å². The molecule has 2 nitrogen and oxygen atoms in total. The van der Waals surface area contributed by atoms with Gasteiger partial charge in [0.2, 0.25) is 5.91 Å². The zero-order valence-corrected chi connectivity index (χ0v) is 13.6. The quantitative estimate of drug-likeness (QED) is 0.599. The third kappa shape index (κ3) is 5.55. The molecule has 0 bridgehead atoms. The maximum atomic E-state index is 11.7. The van der Waals surface area contributed by atoms with Gasteiger partial charge in [-0.2, -0.15) is 0 Å². The number of amides is 1. The van der Waals surface area contributed by atoms with Crippen LogP contribution in [0.4, 0.5) is 0 Å². The Morgan fingerprint density at radius 3 is 2.55 bits per heavy atom. The number of carbonyl (C=O) groups excluding carboxylic acids is 1. The fourth-order valence-corrected chi connectivity index (χ4v) is 2.30. The molecular weight excluding hydrogens is 317 g/mol. The largest absolute Gasteiger partial charge is 0.353 e. The van der Waals surface area contributed by atoms with Gasteiger partial charge in [-0.3, -0.25) is 4.79 Å². The molecule has 4 heteroatoms. The number of carbonyl (C=O) groups is 1. The van der Waals surface area contributed by atoms with Gasteiger partial charge in [0.1, 0.15) is 0 Å². The van der Waals surface area contributed by atoms with Gasteiger partial charge in [-0.15, -0.1) is 0 Å². The van der Waals surface area contributed by atoms with Crippen molar-refractivity contribution in [2.24, 2.45) is 0 Å². The summed E-state index contributed by atoms with van der Waals surface area (Å²) in [6.07, 6.45) is 5.09. The van der Waals surface area contributed by atoms with Crippen molar-refractivity contribution in [1.29, 1.82) is 0 Å². The SMILES string of the molecule is O=C(C=Cc1ccc(Cl)c(Cl)c1)NCCCc1ccccc1. The van der Waals surface area contributed by atoms with Crippen LogP contribution in [0.1, 0.15) is 17.5 Å². The predicted molar refractivity (Wildman–Crippen MR) is 93.3 cm³/mol. The Labute approximate surface area is 140 Å². The van der Waals surface area contributed by atoms with E-state index in [2.05, 4.69) is 17.4 Å². The highest BCUT2D eigenvalue weighted by Gasteiger charge is 1.99. The Bertz CT molecular complexity index is 653. The average Bonchev–Trinajstić information content (AvgIpc) is 2.54. The Morgan fingerprint density at radius 1 is 1.05 bits per heavy atom. The van der Waals surface area contributed by atoms with Crippen LogP contribution in [0.25, 0.3) is 6.08 Å². The molecule has 0 heterocycles. The molecule has 1 amide bonds. The summed E-state index contributed by atoms with van der Waals surface area (Å²) in [4.78, 5) is 11.7. The van der Waals surface area contributed by atoms with Crippen molar-refractivity contribution < 1.29 is 4.79 Å². The lowest BCUT2D eigenvalue weighted by Gasteiger charge is -2.03. The number of benzene rings is 2. The number of nitrogens with one attached hydrogen (secondary N) is 1. The van der Waals surface area contributed by atoms with Crippen molar-refractivity contribution in [3.05, 3.63) is 75.8 Å². The van der Waals surface area contributed by atoms with Gasteiger partial charge in [0.15, 0.2) is 0 Å². The molecule has 0 unspecified atom stereocenters. The van der Waals surface area contributed by atoms with Crippen LogP contribution in [0.5, 0.6) is 0 Å². The molecule has 0 aliphatic rings. The van der Waals surface area contributed by atoms with E-state index in [-0.39, 0.29) is 5.91 Å². The van der Waals surface area contributed by atoms with Crippen LogP contribution >= 0.6 is 23.2 Å². The summed E-state index contributed by atoms with van der Waals surface area (Å²) in [5.41, 5.74) is 2.12. The molecule has 0 fully saturated rings. The molecule has 0 spiro atoms. The second-order valence-corrected chi connectivity index (χ2v) is 5.70. The van der Waals surface area contributed by atoms with Gasteiger partial charge in [0, 0.05) is 12.6 Å². The van der Waals surface area contributed by atoms with E-state index in [4.69, 9.17) is 23.2 Å². The minimum atomic E-state index is -0.112. The predicted octanol–water partition coefficient (Wildman–Crippen LogP) is 4.76. The molecule has 0 aliphatic heterocycles. The van der Waals surface area contributed by atoms with E-state index in [1.165, 1.54) is 11.6 Å². The van der Waals surface area contributed by atoms with E-state index in [1.54, 1.807) is 18.2 Å². The summed E-state index contributed by atoms with van der Waals surface area (Å²) in [5.74, 6) is -0.112. The fourth-order valence-electron chi connectivity index (χ4n) is 2.00. The monoisotopic (exact) mass is 333 g/mol. The number of halogens is 2. The van der Waals surface area contributed by atoms with E-state index in [0.29, 0.717) is 16.6 Å². The molecule has 0 aliphatic carbocycles. The van der Waals surface area contributed by atoms with E-state index in [9.17, 15) is 4.79 Å². The minimum Gasteiger partial charge on any atom is -0.353 e. The van der Waals surface area contributed by atoms with Crippen LogP contribution in [0.3, 0.4) is 0 Å². The first-order valence-corrected chi connectivity index (χ1v) is 7.85. The van der Waals surface area contributed by atoms with E-state index in [0.717, 1.165) is 18.4 Å². The Hall–Kier alpha value is -1.77. The summed E-state index contributed by atoms with van der Waals surface area (Å²) in [7, 11) is 0. The smallest absolute Gasteiger partial charge is 0.243 e. The molecule has 2 aromatic rings. The Morgan fingerprint density at radius 2 is 1.82 bits per heavy atom. The van der Waals surface area contributed by atoms with Gasteiger partial charge in [-0.1, -0.05) is 59.6 Å². The normalized spacial score (nSPS) is 10.8. The summed E-state index contributed by atoms with van der Waals surface area (Å²) in [6.45, 7) is 0.652. The second-order valence-electron chi connectivity index (χ2n) is 4.89. The van der Waals surface area contributed by atoms with Gasteiger partial charge in [-0.25, -0.2) is 0 Å². The second kappa shape index (κ2) is 8.62. The minimum absolute atomic E-state index is 0.112. The van der Waals surface area contributed by atoms with Crippen LogP contribution < -0.4 is 5.32 Å². The van der Waals surface area contributed by atoms with E-state index in [1.807, 2.05) is 24.3 Å². The number of hydrogen-bond acceptors (Lipinski definition) is 1. The standard InChI is InChI=1S/C18H17Cl2NO/c19-16-10-8-15(13-17(16)20)9-11-18(22)21-12-4-7-14-5-2-1-3-6-14/h1-3,5-6,8-11,13H,4,7,12H2,(H,21,22). The van der Waals surface area contributed by atoms with Gasteiger partial charge >= 0.3 is 0 Å². The molecule has 0 radical (unpaired) electrons. The summed E-state index contributed by atoms with van der Waals surface area (Å²) in [5, 5.41) is 3.85. The molecule has 0 saturated heterocycles. The lowest BCUT2D eigenvalue weighted by Crippen LogP contribution is -2.22. The van der Waals surface area contributed by atoms with Crippen LogP contribution in [0.2, 0.25) is 10.0 Å². The highest BCUT2D eigenvalue weighted by atomic mass is 35.5. The molecule has 0 aromatic heterocycles. The third-order valence-corrected chi connectivity index (χ3v) is 3.89. The first-order valence-electron chi connectivity index (χ1n) is 7.10. The summed E-state index contributed by atoms with van der Waals surface area (Å²) >= 11 is 11.8. The van der Waals surface area contributed by atoms with Crippen LogP contribution in [-0.4, -0.2) is 12.5 Å². The summed E-state index contributed by atoms with van der Waals surface area (Å²) in [6, 6.07) is 15.5. The number of rotatable bonds is 6. The molecule has 1 N–H and O–H groups in total. The maximum Gasteiger partial charge on any atom is 0.243 e. The van der Waals surface area contributed by atoms with Gasteiger partial charge in [0.05, 0.1) is 10.0 Å². The van der Waals surface area contributed by atoms with E-state index < -0.39 is 0 Å². The van der Waals surface area contributed by atoms with Gasteiger partial charge in [-0.05, 0) is 42.2 Å². The highest BCUT2D eigenvalue weighted by Crippen LogP contribution is 2.23. The first-order chi connectivity index (χ1) is 10.6. The van der Waals surface area contributed by atoms with E-state index >= 15 is 0 Å². The van der Waals surface area contributed by atoms with Crippen molar-refractivity contribution in [3.63, 3.8) is 0 Å². The molecule has 0 saturated carbocycles. The van der Waals surface area contributed by atoms with Crippen molar-refractivity contribution in [1.82, 2.24) is 5.32 Å².